The molecule has 1 heterocycles. The van der Waals surface area contributed by atoms with Crippen molar-refractivity contribution in [2.75, 3.05) is 13.1 Å². The van der Waals surface area contributed by atoms with Gasteiger partial charge in [0.15, 0.2) is 0 Å². The standard InChI is InChI=1S/C27H29ClFN3O4S2/c28-21-17-20(29)12-13-24(21)38(35,36)31-15-7-6-14-30-27(34)25(18-8-2-1-3-9-18)32-26(33)23-16-19-10-4-5-11-22(19)37-23/h1-5,8-10,12-13,17,22-23,25,31H,6-7,11,14-16H2,(H,30,34)(H,32,33)/t22?,23?,25-/m0/s1. The summed E-state index contributed by atoms with van der Waals surface area (Å²) < 4.78 is 40.5. The molecular weight excluding hydrogens is 549 g/mol. The molecule has 202 valence electrons. The summed E-state index contributed by atoms with van der Waals surface area (Å²) >= 11 is 7.49. The van der Waals surface area contributed by atoms with Crippen molar-refractivity contribution in [2.24, 2.45) is 0 Å². The largest absolute Gasteiger partial charge is 0.354 e. The van der Waals surface area contributed by atoms with Gasteiger partial charge in [-0.2, -0.15) is 0 Å². The van der Waals surface area contributed by atoms with Crippen molar-refractivity contribution >= 4 is 45.2 Å². The number of fused-ring (bicyclic) bond motifs is 1. The summed E-state index contributed by atoms with van der Waals surface area (Å²) in [5.41, 5.74) is 1.94. The SMILES string of the molecule is O=C(N[C@H](C(=O)NCCCCNS(=O)(=O)c1ccc(F)cc1Cl)c1ccccc1)C1CC2=CC=CCC2S1. The lowest BCUT2D eigenvalue weighted by atomic mass is 10.00. The fourth-order valence-corrected chi connectivity index (χ4v) is 7.38. The van der Waals surface area contributed by atoms with Crippen LogP contribution in [0.3, 0.4) is 0 Å². The molecule has 0 aromatic heterocycles. The molecule has 1 aliphatic carbocycles. The minimum atomic E-state index is -3.88. The number of hydrogen-bond donors (Lipinski definition) is 3. The Morgan fingerprint density at radius 3 is 2.61 bits per heavy atom. The normalized spacial score (nSPS) is 19.4. The topological polar surface area (TPSA) is 104 Å². The van der Waals surface area contributed by atoms with Crippen LogP contribution in [-0.4, -0.2) is 43.8 Å². The molecule has 2 unspecified atom stereocenters. The number of nitrogens with one attached hydrogen (secondary N) is 3. The monoisotopic (exact) mass is 577 g/mol. The molecule has 3 atom stereocenters. The van der Waals surface area contributed by atoms with Crippen LogP contribution in [0.2, 0.25) is 5.02 Å². The first-order chi connectivity index (χ1) is 18.2. The zero-order valence-electron chi connectivity index (χ0n) is 20.5. The lowest BCUT2D eigenvalue weighted by Crippen LogP contribution is -2.43. The maximum Gasteiger partial charge on any atom is 0.247 e. The highest BCUT2D eigenvalue weighted by molar-refractivity contribution is 8.01. The Labute approximate surface area is 231 Å². The predicted molar refractivity (Wildman–Crippen MR) is 148 cm³/mol. The number of hydrogen-bond acceptors (Lipinski definition) is 5. The molecule has 0 saturated carbocycles. The van der Waals surface area contributed by atoms with Gasteiger partial charge in [0.1, 0.15) is 16.8 Å². The second-order valence-corrected chi connectivity index (χ2v) is 12.6. The third-order valence-electron chi connectivity index (χ3n) is 6.31. The first-order valence-electron chi connectivity index (χ1n) is 12.3. The molecule has 0 radical (unpaired) electrons. The maximum atomic E-state index is 13.2. The molecule has 1 fully saturated rings. The summed E-state index contributed by atoms with van der Waals surface area (Å²) in [5.74, 6) is -1.11. The van der Waals surface area contributed by atoms with Crippen molar-refractivity contribution in [3.8, 4) is 0 Å². The van der Waals surface area contributed by atoms with E-state index in [-0.39, 0.29) is 33.5 Å². The van der Waals surface area contributed by atoms with Gasteiger partial charge >= 0.3 is 0 Å². The first-order valence-corrected chi connectivity index (χ1v) is 15.1. The Kier molecular flexibility index (Phi) is 9.64. The van der Waals surface area contributed by atoms with Gasteiger partial charge in [0.05, 0.1) is 10.3 Å². The number of halogens is 2. The van der Waals surface area contributed by atoms with Gasteiger partial charge in [0, 0.05) is 18.3 Å². The fraction of sp³-hybridized carbons (Fsp3) is 0.333. The van der Waals surface area contributed by atoms with Crippen molar-refractivity contribution in [3.63, 3.8) is 0 Å². The predicted octanol–water partition coefficient (Wildman–Crippen LogP) is 4.27. The van der Waals surface area contributed by atoms with Gasteiger partial charge in [-0.25, -0.2) is 17.5 Å². The van der Waals surface area contributed by atoms with Crippen LogP contribution >= 0.6 is 23.4 Å². The number of unbranched alkanes of at least 4 members (excludes halogenated alkanes) is 1. The lowest BCUT2D eigenvalue weighted by molar-refractivity contribution is -0.128. The van der Waals surface area contributed by atoms with Crippen LogP contribution in [0.5, 0.6) is 0 Å². The highest BCUT2D eigenvalue weighted by Crippen LogP contribution is 2.41. The highest BCUT2D eigenvalue weighted by Gasteiger charge is 2.36. The van der Waals surface area contributed by atoms with Gasteiger partial charge in [0.25, 0.3) is 0 Å². The van der Waals surface area contributed by atoms with Crippen LogP contribution in [0.25, 0.3) is 0 Å². The number of benzene rings is 2. The molecule has 2 aromatic rings. The van der Waals surface area contributed by atoms with Crippen LogP contribution in [0.1, 0.15) is 37.3 Å². The van der Waals surface area contributed by atoms with Crippen molar-refractivity contribution in [2.45, 2.75) is 47.1 Å². The summed E-state index contributed by atoms with van der Waals surface area (Å²) in [6.45, 7) is 0.422. The van der Waals surface area contributed by atoms with E-state index in [1.807, 2.05) is 24.3 Å². The average Bonchev–Trinajstić information content (AvgIpc) is 3.34. The number of sulfonamides is 1. The van der Waals surface area contributed by atoms with Gasteiger partial charge in [-0.15, -0.1) is 11.8 Å². The van der Waals surface area contributed by atoms with E-state index < -0.39 is 21.9 Å². The molecule has 7 nitrogen and oxygen atoms in total. The summed E-state index contributed by atoms with van der Waals surface area (Å²) in [7, 11) is -3.88. The number of amides is 2. The molecule has 0 bridgehead atoms. The molecule has 2 aromatic carbocycles. The minimum absolute atomic E-state index is 0.121. The number of carbonyl (C=O) groups is 2. The van der Waals surface area contributed by atoms with Gasteiger partial charge in [-0.3, -0.25) is 9.59 Å². The number of carbonyl (C=O) groups excluding carboxylic acids is 2. The molecule has 2 aliphatic rings. The van der Waals surface area contributed by atoms with Crippen molar-refractivity contribution in [1.82, 2.24) is 15.4 Å². The quantitative estimate of drug-likeness (QED) is 0.346. The third-order valence-corrected chi connectivity index (χ3v) is 9.79. The van der Waals surface area contributed by atoms with E-state index in [1.54, 1.807) is 23.9 Å². The Morgan fingerprint density at radius 1 is 1.11 bits per heavy atom. The number of rotatable bonds is 11. The molecule has 1 aliphatic heterocycles. The number of allylic oxidation sites excluding steroid dienone is 3. The van der Waals surface area contributed by atoms with Gasteiger partial charge in [0.2, 0.25) is 21.8 Å². The van der Waals surface area contributed by atoms with E-state index in [9.17, 15) is 22.4 Å². The van der Waals surface area contributed by atoms with Crippen LogP contribution in [-0.2, 0) is 19.6 Å². The molecule has 2 amide bonds. The van der Waals surface area contributed by atoms with E-state index in [0.717, 1.165) is 24.6 Å². The van der Waals surface area contributed by atoms with Crippen molar-refractivity contribution < 1.29 is 22.4 Å². The molecule has 38 heavy (non-hydrogen) atoms. The van der Waals surface area contributed by atoms with E-state index >= 15 is 0 Å². The second kappa shape index (κ2) is 12.9. The summed E-state index contributed by atoms with van der Waals surface area (Å²) in [6, 6.07) is 11.3. The molecule has 1 saturated heterocycles. The first kappa shape index (κ1) is 28.4. The van der Waals surface area contributed by atoms with E-state index in [2.05, 4.69) is 27.5 Å². The smallest absolute Gasteiger partial charge is 0.247 e. The average molecular weight is 578 g/mol. The van der Waals surface area contributed by atoms with E-state index in [1.165, 1.54) is 5.57 Å². The second-order valence-electron chi connectivity index (χ2n) is 9.05. The summed E-state index contributed by atoms with van der Waals surface area (Å²) in [6.07, 6.45) is 8.74. The molecule has 3 N–H and O–H groups in total. The fourth-order valence-electron chi connectivity index (χ4n) is 4.33. The molecule has 0 spiro atoms. The van der Waals surface area contributed by atoms with Crippen LogP contribution in [0.4, 0.5) is 4.39 Å². The number of thioether (sulfide) groups is 1. The van der Waals surface area contributed by atoms with Gasteiger partial charge < -0.3 is 10.6 Å². The zero-order chi connectivity index (χ0) is 27.1. The van der Waals surface area contributed by atoms with Crippen LogP contribution in [0, 0.1) is 5.82 Å². The maximum absolute atomic E-state index is 13.2. The Morgan fingerprint density at radius 2 is 1.87 bits per heavy atom. The van der Waals surface area contributed by atoms with Crippen LogP contribution < -0.4 is 15.4 Å². The Bertz CT molecular complexity index is 1340. The van der Waals surface area contributed by atoms with E-state index in [0.29, 0.717) is 36.6 Å². The third kappa shape index (κ3) is 7.25. The Balaban J connectivity index is 1.27. The lowest BCUT2D eigenvalue weighted by Gasteiger charge is -2.21. The Hall–Kier alpha value is -2.66. The summed E-state index contributed by atoms with van der Waals surface area (Å²) in [4.78, 5) is 26.0. The van der Waals surface area contributed by atoms with Gasteiger partial charge in [-0.1, -0.05) is 65.7 Å². The van der Waals surface area contributed by atoms with E-state index in [4.69, 9.17) is 11.6 Å². The molecule has 11 heteroatoms. The van der Waals surface area contributed by atoms with Crippen molar-refractivity contribution in [1.29, 1.82) is 0 Å². The zero-order valence-corrected chi connectivity index (χ0v) is 22.9. The highest BCUT2D eigenvalue weighted by atomic mass is 35.5. The van der Waals surface area contributed by atoms with Crippen molar-refractivity contribution in [3.05, 3.63) is 88.7 Å². The van der Waals surface area contributed by atoms with Crippen LogP contribution in [0.15, 0.2) is 77.2 Å². The minimum Gasteiger partial charge on any atom is -0.354 e. The molecule has 4 rings (SSSR count). The molecular formula is C27H29ClFN3O4S2. The van der Waals surface area contributed by atoms with Gasteiger partial charge in [-0.05, 0) is 49.4 Å². The summed E-state index contributed by atoms with van der Waals surface area (Å²) in [5, 5.41) is 5.66.